The number of anilines is 1. The van der Waals surface area contributed by atoms with Crippen LogP contribution in [0.25, 0.3) is 0 Å². The number of hydrogen-bond acceptors (Lipinski definition) is 5. The summed E-state index contributed by atoms with van der Waals surface area (Å²) in [6, 6.07) is 12.9. The number of aromatic hydroxyl groups is 1. The molecule has 1 aliphatic heterocycles. The molecule has 0 spiro atoms. The van der Waals surface area contributed by atoms with Gasteiger partial charge in [0.1, 0.15) is 11.6 Å². The Balaban J connectivity index is 1.52. The Labute approximate surface area is 152 Å². The lowest BCUT2D eigenvalue weighted by Crippen LogP contribution is -2.51. The van der Waals surface area contributed by atoms with Crippen molar-refractivity contribution in [1.82, 2.24) is 15.3 Å². The second-order valence-electron chi connectivity index (χ2n) is 5.82. The number of piperazine rings is 1. The fourth-order valence-corrected chi connectivity index (χ4v) is 2.88. The molecule has 130 valence electrons. The Bertz CT molecular complexity index is 740. The van der Waals surface area contributed by atoms with Crippen LogP contribution in [0.1, 0.15) is 12.5 Å². The highest BCUT2D eigenvalue weighted by Gasteiger charge is 2.19. The van der Waals surface area contributed by atoms with Gasteiger partial charge in [-0.05, 0) is 61.1 Å². The van der Waals surface area contributed by atoms with Crippen molar-refractivity contribution in [2.45, 2.75) is 6.92 Å². The predicted molar refractivity (Wildman–Crippen MR) is 104 cm³/mol. The molecule has 0 aliphatic carbocycles. The third-order valence-corrected chi connectivity index (χ3v) is 4.49. The monoisotopic (exact) mass is 355 g/mol. The number of hydrazone groups is 1. The minimum absolute atomic E-state index is 0.241. The van der Waals surface area contributed by atoms with Crippen molar-refractivity contribution in [2.24, 2.45) is 5.10 Å². The fourth-order valence-electron chi connectivity index (χ4n) is 2.65. The average Bonchev–Trinajstić information content (AvgIpc) is 2.67. The third kappa shape index (κ3) is 4.45. The Hall–Kier alpha value is -2.67. The van der Waals surface area contributed by atoms with Crippen LogP contribution in [0.5, 0.6) is 5.75 Å². The van der Waals surface area contributed by atoms with Crippen molar-refractivity contribution in [3.8, 4) is 5.75 Å². The van der Waals surface area contributed by atoms with Crippen molar-refractivity contribution in [3.63, 3.8) is 0 Å². The molecule has 7 heteroatoms. The van der Waals surface area contributed by atoms with E-state index in [4.69, 9.17) is 12.2 Å². The molecule has 1 aromatic heterocycles. The summed E-state index contributed by atoms with van der Waals surface area (Å²) in [7, 11) is 0. The maximum Gasteiger partial charge on any atom is 0.189 e. The lowest BCUT2D eigenvalue weighted by Gasteiger charge is -2.36. The number of nitrogens with zero attached hydrogens (tertiary/aromatic N) is 4. The summed E-state index contributed by atoms with van der Waals surface area (Å²) in [6.45, 7) is 5.31. The van der Waals surface area contributed by atoms with Gasteiger partial charge in [-0.1, -0.05) is 6.07 Å². The highest BCUT2D eigenvalue weighted by atomic mass is 32.1. The topological polar surface area (TPSA) is 64.0 Å². The molecule has 0 saturated carbocycles. The van der Waals surface area contributed by atoms with E-state index in [0.29, 0.717) is 5.11 Å². The number of benzene rings is 1. The molecule has 6 nitrogen and oxygen atoms in total. The molecule has 0 atom stereocenters. The van der Waals surface area contributed by atoms with E-state index in [2.05, 4.69) is 25.3 Å². The molecule has 0 amide bonds. The second kappa shape index (κ2) is 7.94. The van der Waals surface area contributed by atoms with Crippen LogP contribution in [0.2, 0.25) is 0 Å². The van der Waals surface area contributed by atoms with Gasteiger partial charge in [0.05, 0.1) is 5.71 Å². The minimum Gasteiger partial charge on any atom is -0.508 e. The van der Waals surface area contributed by atoms with Crippen LogP contribution >= 0.6 is 12.2 Å². The molecule has 1 fully saturated rings. The van der Waals surface area contributed by atoms with Gasteiger partial charge in [-0.25, -0.2) is 4.98 Å². The number of hydrogen-bond donors (Lipinski definition) is 2. The van der Waals surface area contributed by atoms with Crippen molar-refractivity contribution in [3.05, 3.63) is 54.2 Å². The number of aromatic nitrogens is 1. The van der Waals surface area contributed by atoms with Gasteiger partial charge in [-0.15, -0.1) is 0 Å². The maximum atomic E-state index is 9.34. The van der Waals surface area contributed by atoms with Gasteiger partial charge in [0, 0.05) is 32.4 Å². The zero-order chi connectivity index (χ0) is 17.6. The first-order chi connectivity index (χ1) is 12.1. The normalized spacial score (nSPS) is 15.2. The number of phenols is 1. The highest BCUT2D eigenvalue weighted by Crippen LogP contribution is 2.13. The van der Waals surface area contributed by atoms with Gasteiger partial charge in [0.2, 0.25) is 0 Å². The quantitative estimate of drug-likeness (QED) is 0.500. The predicted octanol–water partition coefficient (Wildman–Crippen LogP) is 2.21. The molecule has 2 heterocycles. The van der Waals surface area contributed by atoms with E-state index in [1.165, 1.54) is 0 Å². The number of rotatable bonds is 3. The summed E-state index contributed by atoms with van der Waals surface area (Å²) in [5.41, 5.74) is 4.72. The van der Waals surface area contributed by atoms with E-state index >= 15 is 0 Å². The van der Waals surface area contributed by atoms with Gasteiger partial charge < -0.3 is 14.9 Å². The third-order valence-electron chi connectivity index (χ3n) is 4.14. The molecule has 0 unspecified atom stereocenters. The molecule has 3 rings (SSSR count). The van der Waals surface area contributed by atoms with Crippen LogP contribution < -0.4 is 10.3 Å². The zero-order valence-electron chi connectivity index (χ0n) is 14.1. The summed E-state index contributed by atoms with van der Waals surface area (Å²) in [5, 5.41) is 14.3. The van der Waals surface area contributed by atoms with E-state index in [1.807, 2.05) is 43.5 Å². The number of phenolic OH excluding ortho intramolecular Hbond substituents is 1. The van der Waals surface area contributed by atoms with Gasteiger partial charge >= 0.3 is 0 Å². The van der Waals surface area contributed by atoms with Crippen molar-refractivity contribution >= 4 is 28.9 Å². The lowest BCUT2D eigenvalue weighted by molar-refractivity contribution is 0.380. The standard InChI is InChI=1S/C18H21N5OS/c1-14(15-5-7-16(24)8-6-15)20-21-18(25)23-12-10-22(11-13-23)17-4-2-3-9-19-17/h2-9,24H,10-13H2,1H3,(H,21,25)/b20-14-. The minimum atomic E-state index is 0.241. The molecule has 2 N–H and O–H groups in total. The molecule has 2 aromatic rings. The summed E-state index contributed by atoms with van der Waals surface area (Å²) >= 11 is 5.45. The molecular formula is C18H21N5OS. The first-order valence-electron chi connectivity index (χ1n) is 8.18. The highest BCUT2D eigenvalue weighted by molar-refractivity contribution is 7.80. The van der Waals surface area contributed by atoms with Crippen molar-refractivity contribution < 1.29 is 5.11 Å². The van der Waals surface area contributed by atoms with Gasteiger partial charge in [-0.3, -0.25) is 5.43 Å². The lowest BCUT2D eigenvalue weighted by atomic mass is 10.1. The summed E-state index contributed by atoms with van der Waals surface area (Å²) in [6.07, 6.45) is 1.81. The van der Waals surface area contributed by atoms with E-state index in [0.717, 1.165) is 43.3 Å². The maximum absolute atomic E-state index is 9.34. The zero-order valence-corrected chi connectivity index (χ0v) is 14.9. The van der Waals surface area contributed by atoms with Crippen LogP contribution in [0.4, 0.5) is 5.82 Å². The Morgan fingerprint density at radius 1 is 1.12 bits per heavy atom. The van der Waals surface area contributed by atoms with E-state index in [9.17, 15) is 5.11 Å². The van der Waals surface area contributed by atoms with Gasteiger partial charge in [0.15, 0.2) is 5.11 Å². The van der Waals surface area contributed by atoms with Crippen molar-refractivity contribution in [2.75, 3.05) is 31.1 Å². The molecular weight excluding hydrogens is 334 g/mol. The van der Waals surface area contributed by atoms with E-state index < -0.39 is 0 Å². The second-order valence-corrected chi connectivity index (χ2v) is 6.21. The number of nitrogens with one attached hydrogen (secondary N) is 1. The van der Waals surface area contributed by atoms with Crippen LogP contribution in [-0.2, 0) is 0 Å². The Kier molecular flexibility index (Phi) is 5.45. The van der Waals surface area contributed by atoms with E-state index in [-0.39, 0.29) is 5.75 Å². The van der Waals surface area contributed by atoms with Crippen LogP contribution in [-0.4, -0.2) is 52.0 Å². The van der Waals surface area contributed by atoms with Crippen LogP contribution in [0.15, 0.2) is 53.8 Å². The Morgan fingerprint density at radius 3 is 2.48 bits per heavy atom. The smallest absolute Gasteiger partial charge is 0.189 e. The Morgan fingerprint density at radius 2 is 1.84 bits per heavy atom. The summed E-state index contributed by atoms with van der Waals surface area (Å²) < 4.78 is 0. The summed E-state index contributed by atoms with van der Waals surface area (Å²) in [5.74, 6) is 1.24. The van der Waals surface area contributed by atoms with Crippen LogP contribution in [0.3, 0.4) is 0 Å². The van der Waals surface area contributed by atoms with Crippen molar-refractivity contribution in [1.29, 1.82) is 0 Å². The first-order valence-corrected chi connectivity index (χ1v) is 8.59. The molecule has 0 radical (unpaired) electrons. The SMILES string of the molecule is C/C(=N/NC(=S)N1CCN(c2ccccn2)CC1)c1ccc(O)cc1. The number of thiocarbonyl (C=S) groups is 1. The van der Waals surface area contributed by atoms with Crippen LogP contribution in [0, 0.1) is 0 Å². The van der Waals surface area contributed by atoms with Gasteiger partial charge in [0.25, 0.3) is 0 Å². The molecule has 0 bridgehead atoms. The summed E-state index contributed by atoms with van der Waals surface area (Å²) in [4.78, 5) is 8.76. The average molecular weight is 355 g/mol. The largest absolute Gasteiger partial charge is 0.508 e. The number of pyridine rings is 1. The molecule has 1 saturated heterocycles. The molecule has 25 heavy (non-hydrogen) atoms. The van der Waals surface area contributed by atoms with E-state index in [1.54, 1.807) is 12.1 Å². The molecule has 1 aliphatic rings. The van der Waals surface area contributed by atoms with Gasteiger partial charge in [-0.2, -0.15) is 5.10 Å². The fraction of sp³-hybridized carbons (Fsp3) is 0.278. The first kappa shape index (κ1) is 17.2. The molecule has 1 aromatic carbocycles.